The molecule has 2 N–H and O–H groups in total. The second-order valence-corrected chi connectivity index (χ2v) is 4.54. The van der Waals surface area contributed by atoms with Crippen molar-refractivity contribution in [2.24, 2.45) is 0 Å². The third-order valence-corrected chi connectivity index (χ3v) is 3.51. The van der Waals surface area contributed by atoms with Gasteiger partial charge in [0.25, 0.3) is 0 Å². The number of rotatable bonds is 2. The number of nitrogens with two attached hydrogens (primary N) is 1. The highest BCUT2D eigenvalue weighted by Gasteiger charge is 2.06. The molecule has 0 aliphatic carbocycles. The Bertz CT molecular complexity index is 476. The Kier molecular flexibility index (Phi) is 3.33. The fourth-order valence-electron chi connectivity index (χ4n) is 1.41. The third kappa shape index (κ3) is 2.46. The average molecular weight is 326 g/mol. The van der Waals surface area contributed by atoms with E-state index in [0.717, 1.165) is 20.7 Å². The molecule has 2 heterocycles. The molecular weight excluding hydrogens is 315 g/mol. The van der Waals surface area contributed by atoms with Gasteiger partial charge in [0.2, 0.25) is 0 Å². The van der Waals surface area contributed by atoms with E-state index < -0.39 is 0 Å². The third-order valence-electron chi connectivity index (χ3n) is 2.17. The summed E-state index contributed by atoms with van der Waals surface area (Å²) in [6, 6.07) is 3.90. The summed E-state index contributed by atoms with van der Waals surface area (Å²) in [5.41, 5.74) is 7.81. The maximum Gasteiger partial charge on any atom is 0.140 e. The van der Waals surface area contributed by atoms with Crippen molar-refractivity contribution in [2.45, 2.75) is 13.3 Å². The number of hydrogen-bond acceptors (Lipinski definition) is 4. The van der Waals surface area contributed by atoms with Gasteiger partial charge in [-0.05, 0) is 41.1 Å². The normalized spacial score (nSPS) is 10.4. The lowest BCUT2D eigenvalue weighted by Gasteiger charge is -2.05. The number of hydrogen-bond donors (Lipinski definition) is 1. The van der Waals surface area contributed by atoms with Crippen LogP contribution >= 0.6 is 22.6 Å². The molecule has 0 aliphatic rings. The molecule has 0 bridgehead atoms. The Morgan fingerprint density at radius 2 is 2.19 bits per heavy atom. The second-order valence-electron chi connectivity index (χ2n) is 3.46. The maximum absolute atomic E-state index is 5.80. The lowest BCUT2D eigenvalue weighted by atomic mass is 10.2. The Morgan fingerprint density at radius 3 is 2.81 bits per heavy atom. The minimum absolute atomic E-state index is 0.548. The summed E-state index contributed by atoms with van der Waals surface area (Å²) >= 11 is 2.15. The van der Waals surface area contributed by atoms with Gasteiger partial charge in [0.1, 0.15) is 11.6 Å². The highest BCUT2D eigenvalue weighted by Crippen LogP contribution is 2.16. The summed E-state index contributed by atoms with van der Waals surface area (Å²) in [4.78, 5) is 12.7. The molecule has 0 atom stereocenters. The van der Waals surface area contributed by atoms with Crippen LogP contribution in [-0.2, 0) is 6.42 Å². The van der Waals surface area contributed by atoms with Crippen molar-refractivity contribution in [3.8, 4) is 0 Å². The van der Waals surface area contributed by atoms with Crippen LogP contribution in [0.25, 0.3) is 0 Å². The fourth-order valence-corrected chi connectivity index (χ4v) is 1.65. The molecule has 2 rings (SSSR count). The summed E-state index contributed by atoms with van der Waals surface area (Å²) in [6.45, 7) is 1.94. The molecule has 5 heteroatoms. The summed E-state index contributed by atoms with van der Waals surface area (Å²) in [6.07, 6.45) is 4.22. The number of anilines is 1. The van der Waals surface area contributed by atoms with E-state index in [4.69, 9.17) is 5.73 Å². The minimum atomic E-state index is 0.548. The minimum Gasteiger partial charge on any atom is -0.383 e. The van der Waals surface area contributed by atoms with Gasteiger partial charge in [-0.3, -0.25) is 4.98 Å². The van der Waals surface area contributed by atoms with Crippen molar-refractivity contribution < 1.29 is 0 Å². The summed E-state index contributed by atoms with van der Waals surface area (Å²) in [5.74, 6) is 1.29. The highest BCUT2D eigenvalue weighted by atomic mass is 127. The van der Waals surface area contributed by atoms with Crippen molar-refractivity contribution >= 4 is 28.4 Å². The summed E-state index contributed by atoms with van der Waals surface area (Å²) in [7, 11) is 0. The van der Waals surface area contributed by atoms with Gasteiger partial charge in [-0.15, -0.1) is 0 Å². The molecule has 0 aliphatic heterocycles. The second kappa shape index (κ2) is 4.73. The summed E-state index contributed by atoms with van der Waals surface area (Å²) < 4.78 is 0.924. The van der Waals surface area contributed by atoms with Gasteiger partial charge < -0.3 is 5.73 Å². The van der Waals surface area contributed by atoms with Gasteiger partial charge in [-0.2, -0.15) is 0 Å². The highest BCUT2D eigenvalue weighted by molar-refractivity contribution is 14.1. The fraction of sp³-hybridized carbons (Fsp3) is 0.182. The van der Waals surface area contributed by atoms with Gasteiger partial charge in [0.15, 0.2) is 0 Å². The van der Waals surface area contributed by atoms with E-state index in [1.807, 2.05) is 25.3 Å². The van der Waals surface area contributed by atoms with Crippen molar-refractivity contribution in [2.75, 3.05) is 5.73 Å². The quantitative estimate of drug-likeness (QED) is 0.857. The number of nitrogen functional groups attached to an aromatic ring is 1. The molecule has 0 radical (unpaired) electrons. The van der Waals surface area contributed by atoms with E-state index >= 15 is 0 Å². The monoisotopic (exact) mass is 326 g/mol. The molecule has 0 fully saturated rings. The average Bonchev–Trinajstić information content (AvgIpc) is 2.27. The smallest absolute Gasteiger partial charge is 0.140 e. The molecule has 4 nitrogen and oxygen atoms in total. The van der Waals surface area contributed by atoms with E-state index in [1.165, 1.54) is 0 Å². The Hall–Kier alpha value is -1.24. The number of pyridine rings is 1. The topological polar surface area (TPSA) is 64.7 Å². The van der Waals surface area contributed by atoms with Gasteiger partial charge in [-0.25, -0.2) is 9.97 Å². The van der Waals surface area contributed by atoms with E-state index in [2.05, 4.69) is 37.5 Å². The van der Waals surface area contributed by atoms with Crippen LogP contribution in [0.2, 0.25) is 0 Å². The van der Waals surface area contributed by atoms with Crippen LogP contribution in [0.5, 0.6) is 0 Å². The molecule has 0 aromatic carbocycles. The van der Waals surface area contributed by atoms with Crippen molar-refractivity contribution in [1.29, 1.82) is 0 Å². The maximum atomic E-state index is 5.80. The molecule has 0 saturated heterocycles. The first-order valence-electron chi connectivity index (χ1n) is 4.84. The molecule has 0 amide bonds. The predicted octanol–water partition coefficient (Wildman–Crippen LogP) is 1.96. The van der Waals surface area contributed by atoms with Crippen molar-refractivity contribution in [3.63, 3.8) is 0 Å². The molecule has 0 spiro atoms. The van der Waals surface area contributed by atoms with Gasteiger partial charge in [0, 0.05) is 18.8 Å². The Labute approximate surface area is 107 Å². The number of halogens is 1. The SMILES string of the molecule is Cc1nc(Cc2cccnc2)nc(N)c1I. The van der Waals surface area contributed by atoms with Crippen LogP contribution < -0.4 is 5.73 Å². The molecule has 2 aromatic heterocycles. The van der Waals surface area contributed by atoms with E-state index in [9.17, 15) is 0 Å². The Balaban J connectivity index is 2.29. The first kappa shape index (κ1) is 11.3. The van der Waals surface area contributed by atoms with Crippen LogP contribution in [0.15, 0.2) is 24.5 Å². The van der Waals surface area contributed by atoms with Gasteiger partial charge >= 0.3 is 0 Å². The van der Waals surface area contributed by atoms with E-state index in [0.29, 0.717) is 12.2 Å². The molecule has 82 valence electrons. The van der Waals surface area contributed by atoms with Crippen molar-refractivity contribution in [3.05, 3.63) is 45.2 Å². The van der Waals surface area contributed by atoms with Crippen LogP contribution in [0, 0.1) is 10.5 Å². The zero-order chi connectivity index (χ0) is 11.5. The molecule has 0 saturated carbocycles. The van der Waals surface area contributed by atoms with Crippen LogP contribution in [-0.4, -0.2) is 15.0 Å². The van der Waals surface area contributed by atoms with Crippen LogP contribution in [0.3, 0.4) is 0 Å². The number of aryl methyl sites for hydroxylation is 1. The Morgan fingerprint density at radius 1 is 1.38 bits per heavy atom. The van der Waals surface area contributed by atoms with Gasteiger partial charge in [-0.1, -0.05) is 6.07 Å². The standard InChI is InChI=1S/C11H11IN4/c1-7-10(12)11(13)16-9(15-7)5-8-3-2-4-14-6-8/h2-4,6H,5H2,1H3,(H2,13,15,16). The van der Waals surface area contributed by atoms with Crippen molar-refractivity contribution in [1.82, 2.24) is 15.0 Å². The van der Waals surface area contributed by atoms with E-state index in [-0.39, 0.29) is 0 Å². The zero-order valence-corrected chi connectivity index (χ0v) is 11.0. The molecule has 0 unspecified atom stereocenters. The first-order chi connectivity index (χ1) is 7.66. The molecule has 2 aromatic rings. The van der Waals surface area contributed by atoms with Crippen LogP contribution in [0.4, 0.5) is 5.82 Å². The molecular formula is C11H11IN4. The summed E-state index contributed by atoms with van der Waals surface area (Å²) in [5, 5.41) is 0. The largest absolute Gasteiger partial charge is 0.383 e. The predicted molar refractivity (Wildman–Crippen MR) is 70.9 cm³/mol. The number of aromatic nitrogens is 3. The lowest BCUT2D eigenvalue weighted by Crippen LogP contribution is -2.05. The first-order valence-corrected chi connectivity index (χ1v) is 5.92. The van der Waals surface area contributed by atoms with E-state index in [1.54, 1.807) is 6.20 Å². The number of nitrogens with zero attached hydrogens (tertiary/aromatic N) is 3. The molecule has 16 heavy (non-hydrogen) atoms. The lowest BCUT2D eigenvalue weighted by molar-refractivity contribution is 0.935. The zero-order valence-electron chi connectivity index (χ0n) is 8.81. The van der Waals surface area contributed by atoms with Crippen LogP contribution in [0.1, 0.15) is 17.1 Å². The van der Waals surface area contributed by atoms with Gasteiger partial charge in [0.05, 0.1) is 9.26 Å².